The first-order valence-corrected chi connectivity index (χ1v) is 6.61. The van der Waals surface area contributed by atoms with Crippen molar-refractivity contribution in [3.63, 3.8) is 0 Å². The van der Waals surface area contributed by atoms with E-state index < -0.39 is 0 Å². The van der Waals surface area contributed by atoms with Gasteiger partial charge in [-0.1, -0.05) is 6.92 Å². The van der Waals surface area contributed by atoms with Gasteiger partial charge in [-0.25, -0.2) is 0 Å². The zero-order valence-electron chi connectivity index (χ0n) is 10.9. The van der Waals surface area contributed by atoms with Gasteiger partial charge < -0.3 is 5.32 Å². The molecular weight excluding hydrogens is 184 g/mol. The number of hydrogen-bond donors (Lipinski definition) is 1. The molecule has 0 aromatic carbocycles. The molecule has 1 aliphatic rings. The highest BCUT2D eigenvalue weighted by molar-refractivity contribution is 4.81. The molecule has 1 N–H and O–H groups in total. The fraction of sp³-hybridized carbons (Fsp3) is 1.00. The predicted octanol–water partition coefficient (Wildman–Crippen LogP) is 2.49. The van der Waals surface area contributed by atoms with Crippen LogP contribution in [0, 0.1) is 5.92 Å². The van der Waals surface area contributed by atoms with Gasteiger partial charge in [0.05, 0.1) is 0 Å². The van der Waals surface area contributed by atoms with E-state index in [9.17, 15) is 0 Å². The Kier molecular flexibility index (Phi) is 5.62. The smallest absolute Gasteiger partial charge is 0.00818 e. The maximum Gasteiger partial charge on any atom is 0.00818 e. The topological polar surface area (TPSA) is 15.3 Å². The molecule has 1 atom stereocenters. The minimum Gasteiger partial charge on any atom is -0.317 e. The maximum atomic E-state index is 3.42. The first-order chi connectivity index (χ1) is 7.15. The summed E-state index contributed by atoms with van der Waals surface area (Å²) in [7, 11) is 0. The summed E-state index contributed by atoms with van der Waals surface area (Å²) in [5.74, 6) is 1.01. The summed E-state index contributed by atoms with van der Waals surface area (Å²) in [5.41, 5.74) is 0. The van der Waals surface area contributed by atoms with Crippen molar-refractivity contribution in [2.45, 2.75) is 59.0 Å². The van der Waals surface area contributed by atoms with E-state index in [2.05, 4.69) is 37.9 Å². The van der Waals surface area contributed by atoms with E-state index >= 15 is 0 Å². The molecule has 0 aromatic heterocycles. The molecule has 0 saturated heterocycles. The van der Waals surface area contributed by atoms with Gasteiger partial charge in [-0.2, -0.15) is 0 Å². The minimum absolute atomic E-state index is 0.697. The van der Waals surface area contributed by atoms with Crippen molar-refractivity contribution in [1.29, 1.82) is 0 Å². The van der Waals surface area contributed by atoms with Gasteiger partial charge in [0.15, 0.2) is 0 Å². The Bertz CT molecular complexity index is 164. The molecule has 1 saturated carbocycles. The molecule has 0 spiro atoms. The van der Waals surface area contributed by atoms with Crippen molar-refractivity contribution < 1.29 is 0 Å². The van der Waals surface area contributed by atoms with Gasteiger partial charge in [0.2, 0.25) is 0 Å². The molecule has 1 fully saturated rings. The molecule has 0 heterocycles. The normalized spacial score (nSPS) is 18.8. The largest absolute Gasteiger partial charge is 0.317 e. The average Bonchev–Trinajstić information content (AvgIpc) is 2.97. The summed E-state index contributed by atoms with van der Waals surface area (Å²) in [5, 5.41) is 3.42. The van der Waals surface area contributed by atoms with Crippen LogP contribution < -0.4 is 5.32 Å². The summed E-state index contributed by atoms with van der Waals surface area (Å²) in [6.07, 6.45) is 4.20. The van der Waals surface area contributed by atoms with E-state index in [0.717, 1.165) is 25.0 Å². The lowest BCUT2D eigenvalue weighted by Gasteiger charge is -2.33. The van der Waals surface area contributed by atoms with E-state index in [1.165, 1.54) is 25.8 Å². The molecular formula is C13H28N2. The van der Waals surface area contributed by atoms with E-state index in [0.29, 0.717) is 6.04 Å². The van der Waals surface area contributed by atoms with E-state index in [-0.39, 0.29) is 0 Å². The monoisotopic (exact) mass is 212 g/mol. The predicted molar refractivity (Wildman–Crippen MR) is 67.2 cm³/mol. The molecule has 0 radical (unpaired) electrons. The molecule has 1 unspecified atom stereocenters. The molecule has 2 nitrogen and oxygen atoms in total. The summed E-state index contributed by atoms with van der Waals surface area (Å²) in [6, 6.07) is 1.42. The lowest BCUT2D eigenvalue weighted by atomic mass is 10.1. The third-order valence-corrected chi connectivity index (χ3v) is 3.38. The van der Waals surface area contributed by atoms with Gasteiger partial charge in [-0.05, 0) is 59.0 Å². The fourth-order valence-corrected chi connectivity index (χ4v) is 2.15. The maximum absolute atomic E-state index is 3.42. The summed E-state index contributed by atoms with van der Waals surface area (Å²) in [6.45, 7) is 12.8. The Hall–Kier alpha value is -0.0800. The second-order valence-electron chi connectivity index (χ2n) is 5.23. The van der Waals surface area contributed by atoms with Crippen molar-refractivity contribution in [3.8, 4) is 0 Å². The summed E-state index contributed by atoms with van der Waals surface area (Å²) in [4.78, 5) is 2.68. The fourth-order valence-electron chi connectivity index (χ4n) is 2.15. The van der Waals surface area contributed by atoms with Crippen LogP contribution in [0.5, 0.6) is 0 Å². The van der Waals surface area contributed by atoms with Crippen LogP contribution in [0.3, 0.4) is 0 Å². The van der Waals surface area contributed by atoms with Crippen LogP contribution in [-0.2, 0) is 0 Å². The van der Waals surface area contributed by atoms with E-state index in [1.54, 1.807) is 0 Å². The quantitative estimate of drug-likeness (QED) is 0.622. The van der Waals surface area contributed by atoms with Crippen LogP contribution in [0.15, 0.2) is 0 Å². The Balaban J connectivity index is 2.25. The third kappa shape index (κ3) is 4.98. The number of rotatable bonds is 8. The molecule has 0 amide bonds. The molecule has 0 bridgehead atoms. The van der Waals surface area contributed by atoms with Crippen LogP contribution in [0.2, 0.25) is 0 Å². The Morgan fingerprint density at radius 2 is 1.93 bits per heavy atom. The van der Waals surface area contributed by atoms with Crippen LogP contribution in [0.25, 0.3) is 0 Å². The van der Waals surface area contributed by atoms with Gasteiger partial charge in [-0.3, -0.25) is 4.90 Å². The standard InChI is InChI=1S/C13H28N2/c1-5-14-9-8-12(4)15(11(2)3)10-13-6-7-13/h11-14H,5-10H2,1-4H3. The van der Waals surface area contributed by atoms with E-state index in [1.807, 2.05) is 0 Å². The highest BCUT2D eigenvalue weighted by atomic mass is 15.2. The average molecular weight is 212 g/mol. The van der Waals surface area contributed by atoms with Crippen molar-refractivity contribution >= 4 is 0 Å². The highest BCUT2D eigenvalue weighted by Crippen LogP contribution is 2.31. The van der Waals surface area contributed by atoms with Gasteiger partial charge in [0.25, 0.3) is 0 Å². The SMILES string of the molecule is CCNCCC(C)N(CC1CC1)C(C)C. The van der Waals surface area contributed by atoms with Crippen molar-refractivity contribution in [2.75, 3.05) is 19.6 Å². The molecule has 1 rings (SSSR count). The first-order valence-electron chi connectivity index (χ1n) is 6.61. The Morgan fingerprint density at radius 3 is 2.40 bits per heavy atom. The molecule has 15 heavy (non-hydrogen) atoms. The van der Waals surface area contributed by atoms with Gasteiger partial charge >= 0.3 is 0 Å². The van der Waals surface area contributed by atoms with Gasteiger partial charge in [0.1, 0.15) is 0 Å². The van der Waals surface area contributed by atoms with Crippen LogP contribution >= 0.6 is 0 Å². The molecule has 0 aromatic rings. The van der Waals surface area contributed by atoms with Gasteiger partial charge in [0, 0.05) is 18.6 Å². The molecule has 1 aliphatic carbocycles. The lowest BCUT2D eigenvalue weighted by Crippen LogP contribution is -2.41. The second kappa shape index (κ2) is 6.49. The zero-order chi connectivity index (χ0) is 11.3. The molecule has 0 aliphatic heterocycles. The highest BCUT2D eigenvalue weighted by Gasteiger charge is 2.27. The van der Waals surface area contributed by atoms with Crippen molar-refractivity contribution in [3.05, 3.63) is 0 Å². The summed E-state index contributed by atoms with van der Waals surface area (Å²) < 4.78 is 0. The third-order valence-electron chi connectivity index (χ3n) is 3.38. The summed E-state index contributed by atoms with van der Waals surface area (Å²) >= 11 is 0. The second-order valence-corrected chi connectivity index (χ2v) is 5.23. The first kappa shape index (κ1) is 13.0. The Morgan fingerprint density at radius 1 is 1.27 bits per heavy atom. The van der Waals surface area contributed by atoms with Gasteiger partial charge in [-0.15, -0.1) is 0 Å². The number of nitrogens with zero attached hydrogens (tertiary/aromatic N) is 1. The Labute approximate surface area is 95.4 Å². The van der Waals surface area contributed by atoms with Crippen LogP contribution in [0.1, 0.15) is 47.0 Å². The lowest BCUT2D eigenvalue weighted by molar-refractivity contribution is 0.149. The number of nitrogens with one attached hydrogen (secondary N) is 1. The number of hydrogen-bond acceptors (Lipinski definition) is 2. The van der Waals surface area contributed by atoms with Crippen molar-refractivity contribution in [2.24, 2.45) is 5.92 Å². The van der Waals surface area contributed by atoms with E-state index in [4.69, 9.17) is 0 Å². The van der Waals surface area contributed by atoms with Crippen LogP contribution in [-0.4, -0.2) is 36.6 Å². The molecule has 2 heteroatoms. The zero-order valence-corrected chi connectivity index (χ0v) is 10.9. The molecule has 90 valence electrons. The van der Waals surface area contributed by atoms with Crippen LogP contribution in [0.4, 0.5) is 0 Å². The minimum atomic E-state index is 0.697. The van der Waals surface area contributed by atoms with Crippen molar-refractivity contribution in [1.82, 2.24) is 10.2 Å².